The summed E-state index contributed by atoms with van der Waals surface area (Å²) >= 11 is 4.97. The van der Waals surface area contributed by atoms with Crippen LogP contribution in [-0.2, 0) is 17.8 Å². The minimum atomic E-state index is 0.130. The highest BCUT2D eigenvalue weighted by molar-refractivity contribution is 9.10. The van der Waals surface area contributed by atoms with Crippen LogP contribution in [0.15, 0.2) is 22.8 Å². The molecule has 1 saturated heterocycles. The van der Waals surface area contributed by atoms with Crippen molar-refractivity contribution in [3.05, 3.63) is 38.1 Å². The van der Waals surface area contributed by atoms with Crippen molar-refractivity contribution in [3.8, 4) is 5.88 Å². The second-order valence-corrected chi connectivity index (χ2v) is 10.7. The van der Waals surface area contributed by atoms with Gasteiger partial charge < -0.3 is 14.4 Å². The number of hydrogen-bond donors (Lipinski definition) is 0. The quantitative estimate of drug-likeness (QED) is 0.676. The van der Waals surface area contributed by atoms with Gasteiger partial charge in [0.15, 0.2) is 0 Å². The highest BCUT2D eigenvalue weighted by atomic mass is 79.9. The summed E-state index contributed by atoms with van der Waals surface area (Å²) in [7, 11) is 0. The van der Waals surface area contributed by atoms with Crippen LogP contribution in [0.4, 0.5) is 0 Å². The fraction of sp³-hybridized carbons (Fsp3) is 0.571. The zero-order valence-corrected chi connectivity index (χ0v) is 18.4. The summed E-state index contributed by atoms with van der Waals surface area (Å²) in [5, 5.41) is 8.24. The van der Waals surface area contributed by atoms with Gasteiger partial charge in [-0.1, -0.05) is 0 Å². The van der Waals surface area contributed by atoms with Crippen molar-refractivity contribution < 1.29 is 14.3 Å². The molecule has 6 nitrogen and oxygen atoms in total. The molecule has 0 N–H and O–H groups in total. The summed E-state index contributed by atoms with van der Waals surface area (Å²) in [6.07, 6.45) is 4.65. The van der Waals surface area contributed by atoms with Gasteiger partial charge in [0, 0.05) is 41.8 Å². The van der Waals surface area contributed by atoms with Gasteiger partial charge in [0.05, 0.1) is 18.1 Å². The number of amides is 1. The van der Waals surface area contributed by atoms with Crippen molar-refractivity contribution in [3.63, 3.8) is 0 Å². The molecule has 2 aliphatic heterocycles. The molecule has 1 amide bonds. The summed E-state index contributed by atoms with van der Waals surface area (Å²) in [6.45, 7) is 3.02. The first-order chi connectivity index (χ1) is 14.1. The molecular formula is C21H22BrN3O3S. The SMILES string of the molecule is O=C(c1cc2c(s1)CCOC2)N1C[C@@H]2CC3(CC3)[C@@H](Oc3ccc(Br)nn3)[C@@H]2C1. The lowest BCUT2D eigenvalue weighted by Crippen LogP contribution is -2.36. The number of fused-ring (bicyclic) bond motifs is 2. The topological polar surface area (TPSA) is 64.5 Å². The Morgan fingerprint density at radius 1 is 1.31 bits per heavy atom. The standard InChI is InChI=1S/C21H22BrN3O3S/c22-17-1-2-18(24-23-17)28-19-14-10-25(9-13(14)8-21(19)4-5-21)20(26)16-7-12-11-27-6-3-15(12)29-16/h1-2,7,13-14,19H,3-6,8-11H2/t13-,14+,19-/m0/s1. The molecular weight excluding hydrogens is 454 g/mol. The van der Waals surface area contributed by atoms with E-state index in [1.165, 1.54) is 23.3 Å². The van der Waals surface area contributed by atoms with E-state index in [0.29, 0.717) is 34.3 Å². The molecule has 0 bridgehead atoms. The Labute approximate surface area is 181 Å². The second-order valence-electron chi connectivity index (χ2n) is 8.79. The van der Waals surface area contributed by atoms with Gasteiger partial charge in [-0.15, -0.1) is 21.5 Å². The third-order valence-corrected chi connectivity index (χ3v) is 8.67. The Bertz CT molecular complexity index is 935. The van der Waals surface area contributed by atoms with E-state index in [4.69, 9.17) is 9.47 Å². The zero-order valence-electron chi connectivity index (χ0n) is 16.0. The van der Waals surface area contributed by atoms with Gasteiger partial charge in [-0.05, 0) is 58.8 Å². The van der Waals surface area contributed by atoms with Crippen molar-refractivity contribution in [1.29, 1.82) is 0 Å². The third kappa shape index (κ3) is 3.11. The number of hydrogen-bond acceptors (Lipinski definition) is 6. The van der Waals surface area contributed by atoms with Crippen LogP contribution in [0.2, 0.25) is 0 Å². The smallest absolute Gasteiger partial charge is 0.263 e. The maximum atomic E-state index is 13.2. The van der Waals surface area contributed by atoms with Gasteiger partial charge in [0.1, 0.15) is 10.7 Å². The van der Waals surface area contributed by atoms with Gasteiger partial charge in [-0.25, -0.2) is 0 Å². The molecule has 152 valence electrons. The first-order valence-electron chi connectivity index (χ1n) is 10.3. The summed E-state index contributed by atoms with van der Waals surface area (Å²) < 4.78 is 12.6. The number of halogens is 1. The van der Waals surface area contributed by atoms with Crippen molar-refractivity contribution in [2.45, 2.75) is 38.4 Å². The van der Waals surface area contributed by atoms with Crippen LogP contribution in [0.25, 0.3) is 0 Å². The van der Waals surface area contributed by atoms with Crippen LogP contribution in [-0.4, -0.2) is 46.8 Å². The molecule has 4 heterocycles. The van der Waals surface area contributed by atoms with Crippen molar-refractivity contribution in [2.75, 3.05) is 19.7 Å². The molecule has 3 fully saturated rings. The van der Waals surface area contributed by atoms with Gasteiger partial charge in [0.25, 0.3) is 5.91 Å². The minimum absolute atomic E-state index is 0.130. The third-order valence-electron chi connectivity index (χ3n) is 7.03. The Kier molecular flexibility index (Phi) is 4.25. The highest BCUT2D eigenvalue weighted by Crippen LogP contribution is 2.64. The molecule has 29 heavy (non-hydrogen) atoms. The Morgan fingerprint density at radius 3 is 2.97 bits per heavy atom. The van der Waals surface area contributed by atoms with Crippen LogP contribution in [0.5, 0.6) is 5.88 Å². The predicted molar refractivity (Wildman–Crippen MR) is 111 cm³/mol. The molecule has 1 spiro atoms. The monoisotopic (exact) mass is 475 g/mol. The van der Waals surface area contributed by atoms with E-state index in [0.717, 1.165) is 37.4 Å². The lowest BCUT2D eigenvalue weighted by atomic mass is 9.97. The number of carbonyl (C=O) groups is 1. The average molecular weight is 476 g/mol. The van der Waals surface area contributed by atoms with E-state index in [9.17, 15) is 4.79 Å². The van der Waals surface area contributed by atoms with Crippen molar-refractivity contribution >= 4 is 33.2 Å². The molecule has 2 aromatic heterocycles. The molecule has 0 radical (unpaired) electrons. The fourth-order valence-electron chi connectivity index (χ4n) is 5.48. The molecule has 2 saturated carbocycles. The minimum Gasteiger partial charge on any atom is -0.472 e. The van der Waals surface area contributed by atoms with Gasteiger partial charge in [-0.3, -0.25) is 4.79 Å². The Hall–Kier alpha value is -1.51. The largest absolute Gasteiger partial charge is 0.472 e. The number of carbonyl (C=O) groups excluding carboxylic acids is 1. The van der Waals surface area contributed by atoms with E-state index < -0.39 is 0 Å². The Balaban J connectivity index is 1.20. The van der Waals surface area contributed by atoms with E-state index in [2.05, 4.69) is 26.1 Å². The van der Waals surface area contributed by atoms with E-state index in [-0.39, 0.29) is 12.0 Å². The van der Waals surface area contributed by atoms with Crippen molar-refractivity contribution in [2.24, 2.45) is 17.3 Å². The Morgan fingerprint density at radius 2 is 2.21 bits per heavy atom. The van der Waals surface area contributed by atoms with Crippen LogP contribution >= 0.6 is 27.3 Å². The van der Waals surface area contributed by atoms with E-state index in [1.807, 2.05) is 23.1 Å². The summed E-state index contributed by atoms with van der Waals surface area (Å²) in [4.78, 5) is 17.4. The first kappa shape index (κ1) is 18.3. The van der Waals surface area contributed by atoms with E-state index in [1.54, 1.807) is 11.3 Å². The maximum absolute atomic E-state index is 13.2. The average Bonchev–Trinajstić information content (AvgIpc) is 3.08. The molecule has 0 unspecified atom stereocenters. The van der Waals surface area contributed by atoms with Gasteiger partial charge >= 0.3 is 0 Å². The van der Waals surface area contributed by atoms with Crippen LogP contribution in [0, 0.1) is 17.3 Å². The maximum Gasteiger partial charge on any atom is 0.263 e. The number of thiophene rings is 1. The zero-order chi connectivity index (χ0) is 19.6. The summed E-state index contributed by atoms with van der Waals surface area (Å²) in [5.41, 5.74) is 1.48. The summed E-state index contributed by atoms with van der Waals surface area (Å²) in [5.74, 6) is 1.66. The molecule has 2 aromatic rings. The normalized spacial score (nSPS) is 29.0. The molecule has 8 heteroatoms. The van der Waals surface area contributed by atoms with Gasteiger partial charge in [0.2, 0.25) is 5.88 Å². The number of nitrogens with zero attached hydrogens (tertiary/aromatic N) is 3. The summed E-state index contributed by atoms with van der Waals surface area (Å²) in [6, 6.07) is 5.78. The second kappa shape index (κ2) is 6.75. The van der Waals surface area contributed by atoms with Crippen molar-refractivity contribution in [1.82, 2.24) is 15.1 Å². The van der Waals surface area contributed by atoms with E-state index >= 15 is 0 Å². The predicted octanol–water partition coefficient (Wildman–Crippen LogP) is 3.69. The van der Waals surface area contributed by atoms with Crippen LogP contribution < -0.4 is 4.74 Å². The van der Waals surface area contributed by atoms with Crippen LogP contribution in [0.3, 0.4) is 0 Å². The molecule has 3 atom stereocenters. The van der Waals surface area contributed by atoms with Crippen LogP contribution in [0.1, 0.15) is 39.4 Å². The lowest BCUT2D eigenvalue weighted by Gasteiger charge is -2.26. The lowest BCUT2D eigenvalue weighted by molar-refractivity contribution is 0.0703. The number of ether oxygens (including phenoxy) is 2. The first-order valence-corrected chi connectivity index (χ1v) is 11.9. The molecule has 2 aliphatic carbocycles. The molecule has 4 aliphatic rings. The number of likely N-dealkylation sites (tertiary alicyclic amines) is 1. The number of aromatic nitrogens is 2. The van der Waals surface area contributed by atoms with Gasteiger partial charge in [-0.2, -0.15) is 0 Å². The molecule has 6 rings (SSSR count). The highest BCUT2D eigenvalue weighted by Gasteiger charge is 2.64. The number of rotatable bonds is 3. The molecule has 0 aromatic carbocycles. The fourth-order valence-corrected chi connectivity index (χ4v) is 6.81.